The van der Waals surface area contributed by atoms with Gasteiger partial charge in [0, 0.05) is 0 Å². The molecular formula is C13H14O4. The maximum atomic E-state index is 12.2. The molecule has 0 aliphatic carbocycles. The van der Waals surface area contributed by atoms with Crippen LogP contribution in [-0.2, 0) is 4.79 Å². The Balaban J connectivity index is 2.53. The summed E-state index contributed by atoms with van der Waals surface area (Å²) >= 11 is 0. The Morgan fingerprint density at radius 2 is 2.12 bits per heavy atom. The number of carbonyl (C=O) groups excluding carboxylic acids is 2. The van der Waals surface area contributed by atoms with Gasteiger partial charge in [-0.2, -0.15) is 0 Å². The van der Waals surface area contributed by atoms with Gasteiger partial charge >= 0.3 is 0 Å². The van der Waals surface area contributed by atoms with Gasteiger partial charge in [0.1, 0.15) is 29.3 Å². The summed E-state index contributed by atoms with van der Waals surface area (Å²) < 4.78 is 10.7. The van der Waals surface area contributed by atoms with Crippen LogP contribution in [0.15, 0.2) is 18.2 Å². The fraction of sp³-hybridized carbons (Fsp3) is 0.385. The van der Waals surface area contributed by atoms with E-state index in [4.69, 9.17) is 9.47 Å². The highest BCUT2D eigenvalue weighted by atomic mass is 16.5. The first-order chi connectivity index (χ1) is 7.99. The van der Waals surface area contributed by atoms with E-state index in [2.05, 4.69) is 0 Å². The molecule has 0 aromatic heterocycles. The molecule has 1 heterocycles. The highest BCUT2D eigenvalue weighted by Crippen LogP contribution is 2.37. The van der Waals surface area contributed by atoms with E-state index in [0.717, 1.165) is 0 Å². The highest BCUT2D eigenvalue weighted by Gasteiger charge is 2.43. The predicted octanol–water partition coefficient (Wildman–Crippen LogP) is 1.86. The van der Waals surface area contributed by atoms with Crippen molar-refractivity contribution in [3.05, 3.63) is 23.8 Å². The van der Waals surface area contributed by atoms with E-state index in [1.807, 2.05) is 0 Å². The third-order valence-electron chi connectivity index (χ3n) is 2.99. The number of Topliss-reactive ketones (excluding diaryl/α,β-unsaturated/α-hetero) is 1. The Bertz CT molecular complexity index is 476. The molecule has 0 N–H and O–H groups in total. The van der Waals surface area contributed by atoms with Crippen LogP contribution < -0.4 is 9.47 Å². The van der Waals surface area contributed by atoms with Crippen molar-refractivity contribution in [2.45, 2.75) is 19.4 Å². The van der Waals surface area contributed by atoms with E-state index in [9.17, 15) is 9.59 Å². The molecule has 0 amide bonds. The lowest BCUT2D eigenvalue weighted by Gasteiger charge is -2.36. The minimum Gasteiger partial charge on any atom is -0.497 e. The van der Waals surface area contributed by atoms with Crippen LogP contribution in [0, 0.1) is 5.92 Å². The number of fused-ring (bicyclic) bond motifs is 1. The molecule has 1 aromatic rings. The lowest BCUT2D eigenvalue weighted by Crippen LogP contribution is -2.46. The number of ether oxygens (including phenoxy) is 2. The number of rotatable bonds is 2. The molecule has 0 saturated carbocycles. The maximum absolute atomic E-state index is 12.2. The average molecular weight is 234 g/mol. The van der Waals surface area contributed by atoms with Crippen LogP contribution in [0.2, 0.25) is 0 Å². The van der Waals surface area contributed by atoms with Crippen LogP contribution in [-0.4, -0.2) is 24.8 Å². The van der Waals surface area contributed by atoms with Crippen molar-refractivity contribution in [1.82, 2.24) is 0 Å². The molecule has 4 nitrogen and oxygen atoms in total. The molecule has 0 spiro atoms. The topological polar surface area (TPSA) is 52.6 Å². The molecule has 1 atom stereocenters. The van der Waals surface area contributed by atoms with Gasteiger partial charge in [-0.15, -0.1) is 0 Å². The second kappa shape index (κ2) is 3.87. The Morgan fingerprint density at radius 1 is 1.41 bits per heavy atom. The first kappa shape index (κ1) is 11.6. The van der Waals surface area contributed by atoms with E-state index in [1.54, 1.807) is 32.0 Å². The van der Waals surface area contributed by atoms with Crippen LogP contribution in [0.5, 0.6) is 11.5 Å². The number of aldehydes is 1. The summed E-state index contributed by atoms with van der Waals surface area (Å²) in [7, 11) is 1.52. The van der Waals surface area contributed by atoms with Crippen LogP contribution >= 0.6 is 0 Å². The molecule has 0 saturated heterocycles. The Morgan fingerprint density at radius 3 is 2.71 bits per heavy atom. The van der Waals surface area contributed by atoms with Gasteiger partial charge in [-0.1, -0.05) is 0 Å². The molecule has 0 fully saturated rings. The molecule has 90 valence electrons. The van der Waals surface area contributed by atoms with Gasteiger partial charge in [-0.25, -0.2) is 0 Å². The van der Waals surface area contributed by atoms with Crippen molar-refractivity contribution in [2.24, 2.45) is 5.92 Å². The summed E-state index contributed by atoms with van der Waals surface area (Å²) in [5.41, 5.74) is -0.402. The van der Waals surface area contributed by atoms with Crippen LogP contribution in [0.25, 0.3) is 0 Å². The van der Waals surface area contributed by atoms with Crippen molar-refractivity contribution >= 4 is 12.1 Å². The number of ketones is 1. The SMILES string of the molecule is COc1ccc2c(c1)C(=O)[C@H](C=O)C(C)(C)O2. The third kappa shape index (κ3) is 1.79. The number of hydrogen-bond acceptors (Lipinski definition) is 4. The quantitative estimate of drug-likeness (QED) is 0.579. The largest absolute Gasteiger partial charge is 0.497 e. The van der Waals surface area contributed by atoms with Gasteiger partial charge in [-0.05, 0) is 32.0 Å². The highest BCUT2D eigenvalue weighted by molar-refractivity contribution is 6.09. The van der Waals surface area contributed by atoms with Gasteiger partial charge in [0.2, 0.25) is 0 Å². The second-order valence-electron chi connectivity index (χ2n) is 4.55. The van der Waals surface area contributed by atoms with Crippen molar-refractivity contribution in [2.75, 3.05) is 7.11 Å². The molecule has 0 bridgehead atoms. The lowest BCUT2D eigenvalue weighted by atomic mass is 9.82. The first-order valence-electron chi connectivity index (χ1n) is 5.36. The van der Waals surface area contributed by atoms with Crippen molar-refractivity contribution in [3.63, 3.8) is 0 Å². The van der Waals surface area contributed by atoms with Gasteiger partial charge < -0.3 is 14.3 Å². The average Bonchev–Trinajstić information content (AvgIpc) is 2.28. The summed E-state index contributed by atoms with van der Waals surface area (Å²) in [4.78, 5) is 23.2. The van der Waals surface area contributed by atoms with E-state index in [-0.39, 0.29) is 5.78 Å². The summed E-state index contributed by atoms with van der Waals surface area (Å²) in [6.45, 7) is 3.47. The van der Waals surface area contributed by atoms with E-state index >= 15 is 0 Å². The smallest absolute Gasteiger partial charge is 0.180 e. The van der Waals surface area contributed by atoms with E-state index < -0.39 is 11.5 Å². The zero-order chi connectivity index (χ0) is 12.6. The molecule has 1 aliphatic heterocycles. The minimum absolute atomic E-state index is 0.217. The van der Waals surface area contributed by atoms with Crippen molar-refractivity contribution < 1.29 is 19.1 Å². The van der Waals surface area contributed by atoms with Gasteiger partial charge in [0.05, 0.1) is 12.7 Å². The van der Waals surface area contributed by atoms with Crippen LogP contribution in [0.4, 0.5) is 0 Å². The summed E-state index contributed by atoms with van der Waals surface area (Å²) in [5, 5.41) is 0. The van der Waals surface area contributed by atoms with Gasteiger partial charge in [0.25, 0.3) is 0 Å². The number of hydrogen-bond donors (Lipinski definition) is 0. The van der Waals surface area contributed by atoms with E-state index in [1.165, 1.54) is 7.11 Å². The first-order valence-corrected chi connectivity index (χ1v) is 5.36. The normalized spacial score (nSPS) is 21.4. The summed E-state index contributed by atoms with van der Waals surface area (Å²) in [5.74, 6) is 0.0798. The molecule has 1 aliphatic rings. The van der Waals surface area contributed by atoms with Gasteiger partial charge in [-0.3, -0.25) is 4.79 Å². The Hall–Kier alpha value is -1.84. The Kier molecular flexibility index (Phi) is 2.65. The number of benzene rings is 1. The second-order valence-corrected chi connectivity index (χ2v) is 4.55. The third-order valence-corrected chi connectivity index (χ3v) is 2.99. The summed E-state index contributed by atoms with van der Waals surface area (Å²) in [6.07, 6.45) is 0.644. The fourth-order valence-electron chi connectivity index (χ4n) is 1.97. The zero-order valence-corrected chi connectivity index (χ0v) is 10.0. The van der Waals surface area contributed by atoms with Crippen LogP contribution in [0.3, 0.4) is 0 Å². The molecule has 4 heteroatoms. The number of carbonyl (C=O) groups is 2. The maximum Gasteiger partial charge on any atom is 0.180 e. The molecular weight excluding hydrogens is 220 g/mol. The summed E-state index contributed by atoms with van der Waals surface area (Å²) in [6, 6.07) is 5.02. The lowest BCUT2D eigenvalue weighted by molar-refractivity contribution is -0.114. The number of methoxy groups -OCH3 is 1. The van der Waals surface area contributed by atoms with Crippen molar-refractivity contribution in [1.29, 1.82) is 0 Å². The van der Waals surface area contributed by atoms with Crippen LogP contribution in [0.1, 0.15) is 24.2 Å². The van der Waals surface area contributed by atoms with Crippen molar-refractivity contribution in [3.8, 4) is 11.5 Å². The fourth-order valence-corrected chi connectivity index (χ4v) is 1.97. The molecule has 0 radical (unpaired) electrons. The zero-order valence-electron chi connectivity index (χ0n) is 10.0. The minimum atomic E-state index is -0.805. The standard InChI is InChI=1S/C13H14O4/c1-13(2)10(7-14)12(15)9-6-8(16-3)4-5-11(9)17-13/h4-7,10H,1-3H3/t10-/m0/s1. The van der Waals surface area contributed by atoms with Gasteiger partial charge in [0.15, 0.2) is 5.78 Å². The molecule has 17 heavy (non-hydrogen) atoms. The molecule has 2 rings (SSSR count). The Labute approximate surface area is 99.5 Å². The molecule has 1 aromatic carbocycles. The monoisotopic (exact) mass is 234 g/mol. The molecule has 0 unspecified atom stereocenters. The predicted molar refractivity (Wildman–Crippen MR) is 61.6 cm³/mol. The van der Waals surface area contributed by atoms with E-state index in [0.29, 0.717) is 23.3 Å².